The van der Waals surface area contributed by atoms with E-state index in [1.807, 2.05) is 0 Å². The Morgan fingerprint density at radius 1 is 1.58 bits per heavy atom. The fourth-order valence-electron chi connectivity index (χ4n) is 2.02. The van der Waals surface area contributed by atoms with Gasteiger partial charge in [0.15, 0.2) is 6.10 Å². The Balaban J connectivity index is 2.08. The number of carboxylic acid groups (broad SMARTS) is 1. The molecule has 0 amide bonds. The van der Waals surface area contributed by atoms with Crippen LogP contribution in [0.1, 0.15) is 12.8 Å². The molecule has 2 rings (SSSR count). The highest BCUT2D eigenvalue weighted by atomic mass is 16.6. The van der Waals surface area contributed by atoms with E-state index in [1.165, 1.54) is 10.8 Å². The number of ether oxygens (including phenoxy) is 1. The van der Waals surface area contributed by atoms with Crippen molar-refractivity contribution >= 4 is 11.7 Å². The summed E-state index contributed by atoms with van der Waals surface area (Å²) in [4.78, 5) is 31.8. The number of hydrogen-bond acceptors (Lipinski definition) is 5. The maximum absolute atomic E-state index is 11.2. The van der Waals surface area contributed by atoms with Crippen LogP contribution in [0.5, 0.6) is 0 Å². The summed E-state index contributed by atoms with van der Waals surface area (Å²) in [6, 6.07) is 1.11. The van der Waals surface area contributed by atoms with Crippen molar-refractivity contribution in [2.45, 2.75) is 31.6 Å². The fraction of sp³-hybridized carbons (Fsp3) is 0.455. The Bertz CT molecular complexity index is 567. The van der Waals surface area contributed by atoms with Crippen LogP contribution in [0.2, 0.25) is 0 Å². The van der Waals surface area contributed by atoms with Crippen molar-refractivity contribution in [1.82, 2.24) is 4.57 Å². The first-order chi connectivity index (χ1) is 8.97. The molecule has 1 aromatic heterocycles. The molecule has 0 aromatic carbocycles. The molecule has 102 valence electrons. The third kappa shape index (κ3) is 2.97. The minimum absolute atomic E-state index is 0.283. The van der Waals surface area contributed by atoms with E-state index in [9.17, 15) is 19.7 Å². The highest BCUT2D eigenvalue weighted by Crippen LogP contribution is 2.21. The topological polar surface area (TPSA) is 112 Å². The van der Waals surface area contributed by atoms with Gasteiger partial charge in [-0.25, -0.2) is 4.79 Å². The average molecular weight is 268 g/mol. The zero-order valence-electron chi connectivity index (χ0n) is 9.89. The lowest BCUT2D eigenvalue weighted by atomic mass is 10.2. The minimum Gasteiger partial charge on any atom is -0.479 e. The summed E-state index contributed by atoms with van der Waals surface area (Å²) in [7, 11) is 0. The Morgan fingerprint density at radius 3 is 2.89 bits per heavy atom. The predicted octanol–water partition coefficient (Wildman–Crippen LogP) is 0.389. The Hall–Kier alpha value is -2.22. The van der Waals surface area contributed by atoms with Crippen LogP contribution in [-0.4, -0.2) is 32.8 Å². The van der Waals surface area contributed by atoms with Crippen molar-refractivity contribution in [3.8, 4) is 0 Å². The molecular weight excluding hydrogens is 256 g/mol. The van der Waals surface area contributed by atoms with E-state index in [0.717, 1.165) is 12.3 Å². The second kappa shape index (κ2) is 5.19. The second-order valence-corrected chi connectivity index (χ2v) is 4.31. The van der Waals surface area contributed by atoms with E-state index in [0.29, 0.717) is 12.8 Å². The highest BCUT2D eigenvalue weighted by Gasteiger charge is 2.30. The Labute approximate surface area is 107 Å². The van der Waals surface area contributed by atoms with Crippen LogP contribution in [-0.2, 0) is 16.1 Å². The molecule has 2 heterocycles. The largest absolute Gasteiger partial charge is 0.479 e. The van der Waals surface area contributed by atoms with E-state index < -0.39 is 28.1 Å². The van der Waals surface area contributed by atoms with Gasteiger partial charge in [-0.2, -0.15) is 0 Å². The third-order valence-electron chi connectivity index (χ3n) is 2.95. The van der Waals surface area contributed by atoms with Crippen molar-refractivity contribution in [1.29, 1.82) is 0 Å². The molecule has 19 heavy (non-hydrogen) atoms. The van der Waals surface area contributed by atoms with E-state index >= 15 is 0 Å². The lowest BCUT2D eigenvalue weighted by Gasteiger charge is -2.13. The number of carbonyl (C=O) groups is 1. The van der Waals surface area contributed by atoms with Crippen molar-refractivity contribution < 1.29 is 19.6 Å². The molecule has 0 bridgehead atoms. The zero-order chi connectivity index (χ0) is 14.0. The zero-order valence-corrected chi connectivity index (χ0v) is 9.89. The average Bonchev–Trinajstić information content (AvgIpc) is 2.80. The monoisotopic (exact) mass is 268 g/mol. The molecule has 0 spiro atoms. The molecule has 8 nitrogen and oxygen atoms in total. The number of nitro groups is 1. The van der Waals surface area contributed by atoms with Crippen LogP contribution in [0.3, 0.4) is 0 Å². The normalized spacial score (nSPS) is 22.3. The fourth-order valence-corrected chi connectivity index (χ4v) is 2.02. The maximum Gasteiger partial charge on any atom is 0.332 e. The van der Waals surface area contributed by atoms with Crippen molar-refractivity contribution in [2.24, 2.45) is 0 Å². The summed E-state index contributed by atoms with van der Waals surface area (Å²) in [5, 5.41) is 19.4. The Morgan fingerprint density at radius 2 is 2.32 bits per heavy atom. The van der Waals surface area contributed by atoms with Crippen molar-refractivity contribution in [2.75, 3.05) is 0 Å². The molecule has 1 saturated heterocycles. The predicted molar refractivity (Wildman–Crippen MR) is 62.9 cm³/mol. The number of pyridine rings is 1. The van der Waals surface area contributed by atoms with Gasteiger partial charge in [0.2, 0.25) is 0 Å². The van der Waals surface area contributed by atoms with Gasteiger partial charge in [0.05, 0.1) is 17.2 Å². The number of nitrogens with zero attached hydrogens (tertiary/aromatic N) is 2. The molecular formula is C11H12N2O6. The lowest BCUT2D eigenvalue weighted by molar-refractivity contribution is -0.386. The molecule has 0 radical (unpaired) electrons. The van der Waals surface area contributed by atoms with Gasteiger partial charge in [-0.1, -0.05) is 0 Å². The number of aromatic nitrogens is 1. The van der Waals surface area contributed by atoms with Gasteiger partial charge in [-0.15, -0.1) is 0 Å². The highest BCUT2D eigenvalue weighted by molar-refractivity contribution is 5.72. The van der Waals surface area contributed by atoms with Crippen molar-refractivity contribution in [3.63, 3.8) is 0 Å². The molecule has 8 heteroatoms. The lowest BCUT2D eigenvalue weighted by Crippen LogP contribution is -2.23. The number of hydrogen-bond donors (Lipinski definition) is 1. The third-order valence-corrected chi connectivity index (χ3v) is 2.95. The van der Waals surface area contributed by atoms with Gasteiger partial charge in [-0.05, 0) is 12.8 Å². The smallest absolute Gasteiger partial charge is 0.332 e. The summed E-state index contributed by atoms with van der Waals surface area (Å²) in [6.07, 6.45) is 2.41. The van der Waals surface area contributed by atoms with E-state index in [4.69, 9.17) is 9.84 Å². The summed E-state index contributed by atoms with van der Waals surface area (Å²) in [6.45, 7) is 0.283. The van der Waals surface area contributed by atoms with Crippen LogP contribution in [0, 0.1) is 10.1 Å². The molecule has 2 unspecified atom stereocenters. The van der Waals surface area contributed by atoms with Gasteiger partial charge >= 0.3 is 11.7 Å². The quantitative estimate of drug-likeness (QED) is 0.624. The van der Waals surface area contributed by atoms with Gasteiger partial charge in [0.1, 0.15) is 0 Å². The number of rotatable bonds is 4. The number of carboxylic acids is 1. The first kappa shape index (κ1) is 13.2. The van der Waals surface area contributed by atoms with Crippen LogP contribution in [0.15, 0.2) is 23.3 Å². The first-order valence-electron chi connectivity index (χ1n) is 5.70. The minimum atomic E-state index is -1.01. The van der Waals surface area contributed by atoms with Crippen LogP contribution < -0.4 is 5.43 Å². The van der Waals surface area contributed by atoms with E-state index in [2.05, 4.69) is 0 Å². The summed E-state index contributed by atoms with van der Waals surface area (Å²) >= 11 is 0. The van der Waals surface area contributed by atoms with Crippen LogP contribution in [0.25, 0.3) is 0 Å². The van der Waals surface area contributed by atoms with Crippen LogP contribution >= 0.6 is 0 Å². The summed E-state index contributed by atoms with van der Waals surface area (Å²) < 4.78 is 6.76. The van der Waals surface area contributed by atoms with Gasteiger partial charge in [-0.3, -0.25) is 14.9 Å². The molecule has 0 aliphatic carbocycles. The van der Waals surface area contributed by atoms with Crippen molar-refractivity contribution in [3.05, 3.63) is 38.8 Å². The SMILES string of the molecule is O=C(O)C1CCC(Cn2ccc(=O)c([N+](=O)[O-])c2)O1. The van der Waals surface area contributed by atoms with E-state index in [-0.39, 0.29) is 12.6 Å². The van der Waals surface area contributed by atoms with E-state index in [1.54, 1.807) is 0 Å². The molecule has 1 N–H and O–H groups in total. The molecule has 1 aliphatic heterocycles. The second-order valence-electron chi connectivity index (χ2n) is 4.31. The van der Waals surface area contributed by atoms with Gasteiger partial charge in [0.25, 0.3) is 5.43 Å². The molecule has 1 fully saturated rings. The Kier molecular flexibility index (Phi) is 3.61. The summed E-state index contributed by atoms with van der Waals surface area (Å²) in [5.41, 5.74) is -1.16. The molecule has 2 atom stereocenters. The van der Waals surface area contributed by atoms with Gasteiger partial charge in [0, 0.05) is 18.8 Å². The van der Waals surface area contributed by atoms with Crippen LogP contribution in [0.4, 0.5) is 5.69 Å². The molecule has 1 aliphatic rings. The standard InChI is InChI=1S/C11H12N2O6/c14-9-3-4-12(6-8(9)13(17)18)5-7-1-2-10(19-7)11(15)16/h3-4,6-7,10H,1-2,5H2,(H,15,16). The summed E-state index contributed by atoms with van der Waals surface area (Å²) in [5.74, 6) is -1.01. The van der Waals surface area contributed by atoms with Gasteiger partial charge < -0.3 is 14.4 Å². The molecule has 0 saturated carbocycles. The number of aliphatic carboxylic acids is 1. The molecule has 1 aromatic rings. The first-order valence-corrected chi connectivity index (χ1v) is 5.70. The maximum atomic E-state index is 11.2.